The zero-order chi connectivity index (χ0) is 13.5. The molecule has 0 fully saturated rings. The van der Waals surface area contributed by atoms with Crippen LogP contribution in [0.1, 0.15) is 23.7 Å². The number of ether oxygens (including phenoxy) is 2. The summed E-state index contributed by atoms with van der Waals surface area (Å²) in [5.74, 6) is 0.456. The predicted molar refractivity (Wildman–Crippen MR) is 72.6 cm³/mol. The second kappa shape index (κ2) is 7.19. The lowest BCUT2D eigenvalue weighted by molar-refractivity contribution is 0.0765. The highest BCUT2D eigenvalue weighted by atomic mass is 35.5. The molecule has 1 aromatic carbocycles. The van der Waals surface area contributed by atoms with Crippen molar-refractivity contribution < 1.29 is 14.3 Å². The maximum atomic E-state index is 11.8. The molecule has 0 saturated heterocycles. The summed E-state index contributed by atoms with van der Waals surface area (Å²) in [5.41, 5.74) is 1.56. The minimum Gasteiger partial charge on any atom is -0.495 e. The monoisotopic (exact) mass is 268 g/mol. The van der Waals surface area contributed by atoms with E-state index in [9.17, 15) is 4.79 Å². The quantitative estimate of drug-likeness (QED) is 0.431. The van der Waals surface area contributed by atoms with E-state index < -0.39 is 0 Å². The Morgan fingerprint density at radius 1 is 1.44 bits per heavy atom. The lowest BCUT2D eigenvalue weighted by Gasteiger charge is -2.06. The van der Waals surface area contributed by atoms with Gasteiger partial charge >= 0.3 is 0 Å². The topological polar surface area (TPSA) is 35.5 Å². The van der Waals surface area contributed by atoms with Gasteiger partial charge in [-0.1, -0.05) is 17.2 Å². The van der Waals surface area contributed by atoms with Gasteiger partial charge in [0.25, 0.3) is 0 Å². The lowest BCUT2D eigenvalue weighted by Crippen LogP contribution is -2.10. The number of hydrogen-bond acceptors (Lipinski definition) is 3. The smallest absolute Gasteiger partial charge is 0.188 e. The first-order valence-electron chi connectivity index (χ1n) is 5.63. The zero-order valence-corrected chi connectivity index (χ0v) is 11.4. The maximum absolute atomic E-state index is 11.8. The van der Waals surface area contributed by atoms with E-state index in [-0.39, 0.29) is 12.4 Å². The summed E-state index contributed by atoms with van der Waals surface area (Å²) in [6.07, 6.45) is 0.761. The van der Waals surface area contributed by atoms with Gasteiger partial charge in [0.1, 0.15) is 12.4 Å². The Morgan fingerprint density at radius 3 is 2.72 bits per heavy atom. The Hall–Kier alpha value is -1.32. The van der Waals surface area contributed by atoms with E-state index in [1.54, 1.807) is 18.2 Å². The number of carbonyl (C=O) groups excluding carboxylic acids is 1. The molecule has 0 amide bonds. The standard InChI is InChI=1S/C14H17ClO3/c1-10(2)6-7-18-9-13(16)11-4-5-14(17-3)12(15)8-11/h4-5,8H,1,6-7,9H2,2-3H3. The molecule has 0 spiro atoms. The highest BCUT2D eigenvalue weighted by molar-refractivity contribution is 6.32. The van der Waals surface area contributed by atoms with Gasteiger partial charge in [0.15, 0.2) is 5.78 Å². The summed E-state index contributed by atoms with van der Waals surface area (Å²) < 4.78 is 10.3. The third-order valence-electron chi connectivity index (χ3n) is 2.38. The van der Waals surface area contributed by atoms with Crippen LogP contribution < -0.4 is 4.74 Å². The molecular formula is C14H17ClO3. The van der Waals surface area contributed by atoms with Crippen molar-refractivity contribution >= 4 is 17.4 Å². The number of hydrogen-bond donors (Lipinski definition) is 0. The normalized spacial score (nSPS) is 10.2. The molecule has 1 rings (SSSR count). The van der Waals surface area contributed by atoms with E-state index in [1.807, 2.05) is 6.92 Å². The van der Waals surface area contributed by atoms with Crippen LogP contribution in [-0.4, -0.2) is 26.1 Å². The maximum Gasteiger partial charge on any atom is 0.188 e. The molecule has 4 heteroatoms. The van der Waals surface area contributed by atoms with Gasteiger partial charge in [-0.15, -0.1) is 6.58 Å². The fourth-order valence-electron chi connectivity index (χ4n) is 1.33. The Morgan fingerprint density at radius 2 is 2.17 bits per heavy atom. The van der Waals surface area contributed by atoms with Gasteiger partial charge in [-0.25, -0.2) is 0 Å². The number of methoxy groups -OCH3 is 1. The third-order valence-corrected chi connectivity index (χ3v) is 2.68. The van der Waals surface area contributed by atoms with E-state index in [2.05, 4.69) is 6.58 Å². The van der Waals surface area contributed by atoms with E-state index >= 15 is 0 Å². The van der Waals surface area contributed by atoms with Crippen molar-refractivity contribution in [1.29, 1.82) is 0 Å². The molecule has 0 atom stereocenters. The second-order valence-electron chi connectivity index (χ2n) is 4.03. The molecule has 0 saturated carbocycles. The highest BCUT2D eigenvalue weighted by Gasteiger charge is 2.09. The van der Waals surface area contributed by atoms with Crippen molar-refractivity contribution in [2.75, 3.05) is 20.3 Å². The summed E-state index contributed by atoms with van der Waals surface area (Å²) >= 11 is 5.95. The van der Waals surface area contributed by atoms with Crippen molar-refractivity contribution in [3.05, 3.63) is 40.9 Å². The fourth-order valence-corrected chi connectivity index (χ4v) is 1.59. The molecule has 0 radical (unpaired) electrons. The molecule has 0 N–H and O–H groups in total. The molecule has 0 unspecified atom stereocenters. The van der Waals surface area contributed by atoms with Gasteiger partial charge < -0.3 is 9.47 Å². The molecule has 1 aromatic rings. The minimum atomic E-state index is -0.0960. The number of ketones is 1. The van der Waals surface area contributed by atoms with Crippen LogP contribution in [0, 0.1) is 0 Å². The molecule has 0 aliphatic heterocycles. The van der Waals surface area contributed by atoms with Crippen LogP contribution in [0.25, 0.3) is 0 Å². The first-order chi connectivity index (χ1) is 8.54. The summed E-state index contributed by atoms with van der Waals surface area (Å²) in [7, 11) is 1.53. The van der Waals surface area contributed by atoms with Gasteiger partial charge in [-0.3, -0.25) is 4.79 Å². The predicted octanol–water partition coefficient (Wildman–Crippen LogP) is 3.51. The van der Waals surface area contributed by atoms with Crippen LogP contribution in [0.5, 0.6) is 5.75 Å². The third kappa shape index (κ3) is 4.51. The zero-order valence-electron chi connectivity index (χ0n) is 10.7. The fraction of sp³-hybridized carbons (Fsp3) is 0.357. The average Bonchev–Trinajstić information content (AvgIpc) is 2.34. The molecule has 98 valence electrons. The Bertz CT molecular complexity index is 441. The van der Waals surface area contributed by atoms with E-state index in [0.717, 1.165) is 12.0 Å². The lowest BCUT2D eigenvalue weighted by atomic mass is 10.1. The van der Waals surface area contributed by atoms with Gasteiger partial charge in [-0.2, -0.15) is 0 Å². The van der Waals surface area contributed by atoms with Crippen molar-refractivity contribution in [2.45, 2.75) is 13.3 Å². The van der Waals surface area contributed by atoms with Crippen LogP contribution in [0.3, 0.4) is 0 Å². The number of halogens is 1. The highest BCUT2D eigenvalue weighted by Crippen LogP contribution is 2.25. The van der Waals surface area contributed by atoms with Crippen LogP contribution in [0.15, 0.2) is 30.4 Å². The molecule has 0 aliphatic rings. The van der Waals surface area contributed by atoms with Crippen molar-refractivity contribution in [3.8, 4) is 5.75 Å². The van der Waals surface area contributed by atoms with Crippen LogP contribution in [0.2, 0.25) is 5.02 Å². The number of carbonyl (C=O) groups is 1. The molecule has 0 aliphatic carbocycles. The molecule has 0 bridgehead atoms. The Kier molecular flexibility index (Phi) is 5.89. The molecule has 3 nitrogen and oxygen atoms in total. The van der Waals surface area contributed by atoms with Gasteiger partial charge in [-0.05, 0) is 31.5 Å². The van der Waals surface area contributed by atoms with Crippen LogP contribution in [-0.2, 0) is 4.74 Å². The van der Waals surface area contributed by atoms with Crippen molar-refractivity contribution in [2.24, 2.45) is 0 Å². The van der Waals surface area contributed by atoms with Crippen molar-refractivity contribution in [3.63, 3.8) is 0 Å². The summed E-state index contributed by atoms with van der Waals surface area (Å²) in [5, 5.41) is 0.422. The average molecular weight is 269 g/mol. The van der Waals surface area contributed by atoms with Crippen molar-refractivity contribution in [1.82, 2.24) is 0 Å². The summed E-state index contributed by atoms with van der Waals surface area (Å²) in [4.78, 5) is 11.8. The SMILES string of the molecule is C=C(C)CCOCC(=O)c1ccc(OC)c(Cl)c1. The van der Waals surface area contributed by atoms with Gasteiger partial charge in [0.05, 0.1) is 18.7 Å². The number of Topliss-reactive ketones (excluding diaryl/α,β-unsaturated/α-hetero) is 1. The van der Waals surface area contributed by atoms with E-state index in [0.29, 0.717) is 22.9 Å². The van der Waals surface area contributed by atoms with Crippen LogP contribution >= 0.6 is 11.6 Å². The Labute approximate surface area is 112 Å². The number of rotatable bonds is 7. The Balaban J connectivity index is 2.51. The second-order valence-corrected chi connectivity index (χ2v) is 4.44. The van der Waals surface area contributed by atoms with Gasteiger partial charge in [0.2, 0.25) is 0 Å². The first-order valence-corrected chi connectivity index (χ1v) is 6.01. The summed E-state index contributed by atoms with van der Waals surface area (Å²) in [6.45, 7) is 6.25. The summed E-state index contributed by atoms with van der Waals surface area (Å²) in [6, 6.07) is 4.93. The van der Waals surface area contributed by atoms with E-state index in [4.69, 9.17) is 21.1 Å². The molecule has 18 heavy (non-hydrogen) atoms. The molecular weight excluding hydrogens is 252 g/mol. The van der Waals surface area contributed by atoms with E-state index in [1.165, 1.54) is 7.11 Å². The molecule has 0 heterocycles. The number of benzene rings is 1. The first kappa shape index (κ1) is 14.7. The molecule has 0 aromatic heterocycles. The minimum absolute atomic E-state index is 0.0515. The van der Waals surface area contributed by atoms with Gasteiger partial charge in [0, 0.05) is 5.56 Å². The largest absolute Gasteiger partial charge is 0.495 e. The van der Waals surface area contributed by atoms with Crippen LogP contribution in [0.4, 0.5) is 0 Å².